The fraction of sp³-hybridized carbons (Fsp3) is 0.176. The SMILES string of the molecule is N#Cc1c(F)cccc1NCCNC(=O)c1cc(Cl)c2c(c1)OCO2. The second-order valence-electron chi connectivity index (χ2n) is 5.15. The van der Waals surface area contributed by atoms with E-state index in [2.05, 4.69) is 10.6 Å². The molecule has 8 heteroatoms. The molecule has 0 aliphatic carbocycles. The first kappa shape index (κ1) is 16.9. The van der Waals surface area contributed by atoms with E-state index in [1.165, 1.54) is 18.2 Å². The summed E-state index contributed by atoms with van der Waals surface area (Å²) in [5.41, 5.74) is 0.664. The van der Waals surface area contributed by atoms with Gasteiger partial charge in [0.25, 0.3) is 5.91 Å². The molecule has 0 saturated carbocycles. The third-order valence-electron chi connectivity index (χ3n) is 3.54. The molecule has 0 aromatic heterocycles. The number of hydrogen-bond donors (Lipinski definition) is 2. The Morgan fingerprint density at radius 3 is 2.96 bits per heavy atom. The third-order valence-corrected chi connectivity index (χ3v) is 3.82. The highest BCUT2D eigenvalue weighted by Crippen LogP contribution is 2.39. The zero-order valence-corrected chi connectivity index (χ0v) is 13.7. The number of nitriles is 1. The summed E-state index contributed by atoms with van der Waals surface area (Å²) in [4.78, 5) is 12.2. The third kappa shape index (κ3) is 3.59. The van der Waals surface area contributed by atoms with Gasteiger partial charge in [-0.25, -0.2) is 4.39 Å². The van der Waals surface area contributed by atoms with Crippen molar-refractivity contribution in [3.8, 4) is 17.6 Å². The molecule has 1 amide bonds. The van der Waals surface area contributed by atoms with Crippen LogP contribution in [0.4, 0.5) is 10.1 Å². The number of fused-ring (bicyclic) bond motifs is 1. The predicted molar refractivity (Wildman–Crippen MR) is 89.5 cm³/mol. The van der Waals surface area contributed by atoms with Gasteiger partial charge in [-0.15, -0.1) is 0 Å². The van der Waals surface area contributed by atoms with Crippen molar-refractivity contribution in [1.82, 2.24) is 5.32 Å². The molecule has 128 valence electrons. The fourth-order valence-corrected chi connectivity index (χ4v) is 2.62. The first-order valence-electron chi connectivity index (χ1n) is 7.40. The van der Waals surface area contributed by atoms with E-state index in [0.29, 0.717) is 34.3 Å². The minimum Gasteiger partial charge on any atom is -0.454 e. The Bertz CT molecular complexity index is 867. The van der Waals surface area contributed by atoms with Crippen molar-refractivity contribution >= 4 is 23.2 Å². The molecule has 1 aliphatic rings. The normalized spacial score (nSPS) is 11.7. The molecule has 0 unspecified atom stereocenters. The topological polar surface area (TPSA) is 83.4 Å². The van der Waals surface area contributed by atoms with Gasteiger partial charge in [0.05, 0.1) is 10.7 Å². The number of anilines is 1. The van der Waals surface area contributed by atoms with Crippen LogP contribution >= 0.6 is 11.6 Å². The van der Waals surface area contributed by atoms with Crippen molar-refractivity contribution in [2.75, 3.05) is 25.2 Å². The van der Waals surface area contributed by atoms with Crippen molar-refractivity contribution in [3.05, 3.63) is 52.3 Å². The van der Waals surface area contributed by atoms with Gasteiger partial charge >= 0.3 is 0 Å². The van der Waals surface area contributed by atoms with Gasteiger partial charge in [-0.3, -0.25) is 4.79 Å². The number of hydrogen-bond acceptors (Lipinski definition) is 5. The van der Waals surface area contributed by atoms with E-state index in [1.54, 1.807) is 18.2 Å². The van der Waals surface area contributed by atoms with Gasteiger partial charge in [-0.1, -0.05) is 17.7 Å². The van der Waals surface area contributed by atoms with Crippen LogP contribution in [-0.4, -0.2) is 25.8 Å². The van der Waals surface area contributed by atoms with Gasteiger partial charge in [0, 0.05) is 18.7 Å². The van der Waals surface area contributed by atoms with Crippen LogP contribution in [0.2, 0.25) is 5.02 Å². The van der Waals surface area contributed by atoms with E-state index in [4.69, 9.17) is 26.3 Å². The summed E-state index contributed by atoms with van der Waals surface area (Å²) in [6.45, 7) is 0.660. The van der Waals surface area contributed by atoms with Gasteiger partial charge in [0.15, 0.2) is 11.5 Å². The second kappa shape index (κ2) is 7.28. The smallest absolute Gasteiger partial charge is 0.251 e. The molecular weight excluding hydrogens is 349 g/mol. The monoisotopic (exact) mass is 361 g/mol. The lowest BCUT2D eigenvalue weighted by atomic mass is 10.2. The zero-order chi connectivity index (χ0) is 17.8. The molecule has 3 rings (SSSR count). The quantitative estimate of drug-likeness (QED) is 0.800. The van der Waals surface area contributed by atoms with Crippen LogP contribution < -0.4 is 20.1 Å². The summed E-state index contributed by atoms with van der Waals surface area (Å²) in [6, 6.07) is 9.18. The molecule has 0 bridgehead atoms. The van der Waals surface area contributed by atoms with Gasteiger partial charge in [0.2, 0.25) is 6.79 Å². The number of carbonyl (C=O) groups is 1. The molecule has 0 fully saturated rings. The van der Waals surface area contributed by atoms with Crippen LogP contribution in [-0.2, 0) is 0 Å². The van der Waals surface area contributed by atoms with Crippen molar-refractivity contribution < 1.29 is 18.7 Å². The Kier molecular flexibility index (Phi) is 4.91. The summed E-state index contributed by atoms with van der Waals surface area (Å²) >= 11 is 6.04. The Balaban J connectivity index is 1.57. The number of rotatable bonds is 5. The predicted octanol–water partition coefficient (Wildman–Crippen LogP) is 2.92. The Hall–Kier alpha value is -2.98. The van der Waals surface area contributed by atoms with E-state index in [-0.39, 0.29) is 24.8 Å². The highest BCUT2D eigenvalue weighted by molar-refractivity contribution is 6.32. The molecule has 1 aliphatic heterocycles. The first-order valence-corrected chi connectivity index (χ1v) is 7.78. The van der Waals surface area contributed by atoms with E-state index >= 15 is 0 Å². The number of amides is 1. The Morgan fingerprint density at radius 2 is 2.16 bits per heavy atom. The minimum absolute atomic E-state index is 0.0589. The summed E-state index contributed by atoms with van der Waals surface area (Å²) in [7, 11) is 0. The summed E-state index contributed by atoms with van der Waals surface area (Å²) in [5.74, 6) is -0.0718. The van der Waals surface area contributed by atoms with Crippen LogP contribution in [0.15, 0.2) is 30.3 Å². The Labute approximate surface area is 148 Å². The molecule has 0 spiro atoms. The lowest BCUT2D eigenvalue weighted by molar-refractivity contribution is 0.0954. The second-order valence-corrected chi connectivity index (χ2v) is 5.56. The molecule has 1 heterocycles. The molecule has 0 radical (unpaired) electrons. The lowest BCUT2D eigenvalue weighted by Gasteiger charge is -2.10. The molecule has 2 aromatic rings. The number of halogens is 2. The van der Waals surface area contributed by atoms with Crippen LogP contribution in [0.1, 0.15) is 15.9 Å². The van der Waals surface area contributed by atoms with E-state index in [1.807, 2.05) is 0 Å². The largest absolute Gasteiger partial charge is 0.454 e. The maximum Gasteiger partial charge on any atom is 0.251 e. The van der Waals surface area contributed by atoms with E-state index in [0.717, 1.165) is 0 Å². The maximum absolute atomic E-state index is 13.5. The number of benzene rings is 2. The fourth-order valence-electron chi connectivity index (χ4n) is 2.36. The average Bonchev–Trinajstić information content (AvgIpc) is 3.08. The summed E-state index contributed by atoms with van der Waals surface area (Å²) < 4.78 is 23.9. The van der Waals surface area contributed by atoms with Gasteiger partial charge in [0.1, 0.15) is 17.4 Å². The molecule has 2 aromatic carbocycles. The van der Waals surface area contributed by atoms with Gasteiger partial charge in [-0.2, -0.15) is 5.26 Å². The first-order chi connectivity index (χ1) is 12.1. The Morgan fingerprint density at radius 1 is 1.32 bits per heavy atom. The number of nitrogens with one attached hydrogen (secondary N) is 2. The van der Waals surface area contributed by atoms with Crippen LogP contribution in [0.5, 0.6) is 11.5 Å². The van der Waals surface area contributed by atoms with Crippen LogP contribution in [0.3, 0.4) is 0 Å². The summed E-state index contributed by atoms with van der Waals surface area (Å²) in [6.07, 6.45) is 0. The average molecular weight is 362 g/mol. The van der Waals surface area contributed by atoms with Crippen molar-refractivity contribution in [3.63, 3.8) is 0 Å². The van der Waals surface area contributed by atoms with Crippen LogP contribution in [0, 0.1) is 17.1 Å². The van der Waals surface area contributed by atoms with Gasteiger partial charge in [-0.05, 0) is 24.3 Å². The van der Waals surface area contributed by atoms with Crippen LogP contribution in [0.25, 0.3) is 0 Å². The van der Waals surface area contributed by atoms with Crippen molar-refractivity contribution in [1.29, 1.82) is 5.26 Å². The van der Waals surface area contributed by atoms with Crippen molar-refractivity contribution in [2.45, 2.75) is 0 Å². The molecule has 25 heavy (non-hydrogen) atoms. The molecule has 6 nitrogen and oxygen atoms in total. The van der Waals surface area contributed by atoms with E-state index in [9.17, 15) is 9.18 Å². The minimum atomic E-state index is -0.591. The highest BCUT2D eigenvalue weighted by Gasteiger charge is 2.20. The highest BCUT2D eigenvalue weighted by atomic mass is 35.5. The molecular formula is C17H13ClFN3O3. The molecule has 2 N–H and O–H groups in total. The van der Waals surface area contributed by atoms with Gasteiger partial charge < -0.3 is 20.1 Å². The maximum atomic E-state index is 13.5. The van der Waals surface area contributed by atoms with Crippen molar-refractivity contribution in [2.24, 2.45) is 0 Å². The number of nitrogens with zero attached hydrogens (tertiary/aromatic N) is 1. The molecule has 0 atom stereocenters. The number of carbonyl (C=O) groups excluding carboxylic acids is 1. The summed E-state index contributed by atoms with van der Waals surface area (Å²) in [5, 5.41) is 14.9. The standard InChI is InChI=1S/C17H13ClFN3O3/c18-12-6-10(7-15-16(12)25-9-24-15)17(23)22-5-4-21-14-3-1-2-13(19)11(14)8-20/h1-3,6-7,21H,4-5,9H2,(H,22,23). The molecule has 0 saturated heterocycles. The lowest BCUT2D eigenvalue weighted by Crippen LogP contribution is -2.28. The zero-order valence-electron chi connectivity index (χ0n) is 12.9. The van der Waals surface area contributed by atoms with E-state index < -0.39 is 5.82 Å². The number of ether oxygens (including phenoxy) is 2.